The Kier molecular flexibility index (Phi) is 18.1. The monoisotopic (exact) mass is 1080 g/mol. The molecule has 0 spiro atoms. The fourth-order valence-corrected chi connectivity index (χ4v) is 15.9. The summed E-state index contributed by atoms with van der Waals surface area (Å²) < 4.78 is 61.8. The highest BCUT2D eigenvalue weighted by molar-refractivity contribution is 5.15. The number of hydrogen-bond acceptors (Lipinski definition) is 23. The molecule has 0 amide bonds. The van der Waals surface area contributed by atoms with Gasteiger partial charge in [-0.25, -0.2) is 0 Å². The minimum atomic E-state index is -1.87. The fourth-order valence-electron chi connectivity index (χ4n) is 15.9. The maximum Gasteiger partial charge on any atom is 0.187 e. The molecule has 0 aromatic heterocycles. The van der Waals surface area contributed by atoms with Crippen LogP contribution in [-0.4, -0.2) is 241 Å². The van der Waals surface area contributed by atoms with Gasteiger partial charge in [0.15, 0.2) is 30.9 Å². The van der Waals surface area contributed by atoms with Crippen LogP contribution in [0.3, 0.4) is 0 Å². The third kappa shape index (κ3) is 10.5. The number of hydrogen-bond donors (Lipinski definition) is 13. The van der Waals surface area contributed by atoms with Crippen molar-refractivity contribution in [3.05, 3.63) is 0 Å². The van der Waals surface area contributed by atoms with Crippen LogP contribution in [0.2, 0.25) is 0 Å². The maximum atomic E-state index is 11.7. The SMILES string of the molecule is COC1(CCC(C)COC2OC(CO)C(O)C(O)C2O)OC2CC3C4CCC5CC(OC6OC(CO)C(O)C(OC7OC(CO)C(O)C(O)C7O)C6OC6OC(C)C(O)C(O)C6O)CCC5(C)C4CCC3(C)C2C1C. The summed E-state index contributed by atoms with van der Waals surface area (Å²) in [5.74, 6) is 1.28. The minimum absolute atomic E-state index is 0.00190. The maximum absolute atomic E-state index is 11.7. The normalized spacial score (nSPS) is 55.4. The van der Waals surface area contributed by atoms with Crippen LogP contribution in [0.15, 0.2) is 0 Å². The molecule has 75 heavy (non-hydrogen) atoms. The molecule has 32 atom stereocenters. The summed E-state index contributed by atoms with van der Waals surface area (Å²) in [6.45, 7) is 8.88. The Morgan fingerprint density at radius 2 is 1.12 bits per heavy atom. The van der Waals surface area contributed by atoms with Crippen molar-refractivity contribution in [3.8, 4) is 0 Å². The van der Waals surface area contributed by atoms with Gasteiger partial charge in [0.2, 0.25) is 0 Å². The summed E-state index contributed by atoms with van der Waals surface area (Å²) in [6, 6.07) is 0. The Balaban J connectivity index is 0.855. The van der Waals surface area contributed by atoms with E-state index in [0.717, 1.165) is 38.5 Å². The zero-order valence-electron chi connectivity index (χ0n) is 44.0. The van der Waals surface area contributed by atoms with Crippen molar-refractivity contribution in [1.82, 2.24) is 0 Å². The fraction of sp³-hybridized carbons (Fsp3) is 1.00. The summed E-state index contributed by atoms with van der Waals surface area (Å²) >= 11 is 0. The van der Waals surface area contributed by atoms with Crippen molar-refractivity contribution in [1.29, 1.82) is 0 Å². The molecule has 434 valence electrons. The molecule has 0 bridgehead atoms. The van der Waals surface area contributed by atoms with Crippen molar-refractivity contribution in [2.24, 2.45) is 52.3 Å². The van der Waals surface area contributed by atoms with Gasteiger partial charge in [-0.15, -0.1) is 0 Å². The Morgan fingerprint density at radius 3 is 1.76 bits per heavy atom. The number of aliphatic hydroxyl groups excluding tert-OH is 13. The lowest BCUT2D eigenvalue weighted by atomic mass is 9.44. The molecule has 9 rings (SSSR count). The molecule has 0 aromatic rings. The first-order chi connectivity index (χ1) is 35.6. The lowest BCUT2D eigenvalue weighted by molar-refractivity contribution is -0.395. The highest BCUT2D eigenvalue weighted by Gasteiger charge is 2.69. The van der Waals surface area contributed by atoms with Crippen molar-refractivity contribution < 1.29 is 114 Å². The molecule has 9 fully saturated rings. The van der Waals surface area contributed by atoms with Gasteiger partial charge < -0.3 is 114 Å². The van der Waals surface area contributed by atoms with E-state index in [4.69, 9.17) is 47.4 Å². The van der Waals surface area contributed by atoms with E-state index >= 15 is 0 Å². The predicted octanol–water partition coefficient (Wildman–Crippen LogP) is -2.27. The van der Waals surface area contributed by atoms with Crippen molar-refractivity contribution in [2.45, 2.75) is 240 Å². The molecule has 5 saturated heterocycles. The second kappa shape index (κ2) is 23.1. The minimum Gasteiger partial charge on any atom is -0.394 e. The van der Waals surface area contributed by atoms with Gasteiger partial charge in [0, 0.05) is 19.4 Å². The number of ether oxygens (including phenoxy) is 10. The van der Waals surface area contributed by atoms with Gasteiger partial charge >= 0.3 is 0 Å². The zero-order chi connectivity index (χ0) is 54.2. The van der Waals surface area contributed by atoms with E-state index in [0.29, 0.717) is 43.4 Å². The predicted molar refractivity (Wildman–Crippen MR) is 255 cm³/mol. The quantitative estimate of drug-likeness (QED) is 0.0725. The van der Waals surface area contributed by atoms with Crippen molar-refractivity contribution in [3.63, 3.8) is 0 Å². The molecule has 23 nitrogen and oxygen atoms in total. The molecular formula is C52H88O23. The Hall–Kier alpha value is -0.920. The average molecular weight is 1080 g/mol. The van der Waals surface area contributed by atoms with E-state index < -0.39 is 155 Å². The molecular weight excluding hydrogens is 993 g/mol. The molecule has 4 saturated carbocycles. The largest absolute Gasteiger partial charge is 0.394 e. The summed E-state index contributed by atoms with van der Waals surface area (Å²) in [5, 5.41) is 137. The summed E-state index contributed by atoms with van der Waals surface area (Å²) in [4.78, 5) is 0. The van der Waals surface area contributed by atoms with E-state index in [1.165, 1.54) is 6.92 Å². The van der Waals surface area contributed by atoms with Crippen LogP contribution in [-0.2, 0) is 47.4 Å². The number of methoxy groups -OCH3 is 1. The molecule has 0 radical (unpaired) electrons. The summed E-state index contributed by atoms with van der Waals surface area (Å²) in [5.41, 5.74) is 0.0250. The van der Waals surface area contributed by atoms with Gasteiger partial charge in [0.1, 0.15) is 91.6 Å². The van der Waals surface area contributed by atoms with Crippen LogP contribution in [0.4, 0.5) is 0 Å². The van der Waals surface area contributed by atoms with Crippen LogP contribution in [0.5, 0.6) is 0 Å². The van der Waals surface area contributed by atoms with Gasteiger partial charge in [-0.3, -0.25) is 0 Å². The first-order valence-electron chi connectivity index (χ1n) is 27.6. The third-order valence-corrected chi connectivity index (χ3v) is 20.4. The van der Waals surface area contributed by atoms with Crippen LogP contribution in [0.1, 0.15) is 98.8 Å². The van der Waals surface area contributed by atoms with Gasteiger partial charge in [0.25, 0.3) is 0 Å². The van der Waals surface area contributed by atoms with E-state index in [9.17, 15) is 66.4 Å². The first kappa shape index (κ1) is 58.7. The lowest BCUT2D eigenvalue weighted by Crippen LogP contribution is -2.67. The Bertz CT molecular complexity index is 1870. The molecule has 13 N–H and O–H groups in total. The standard InChI is InChI=1S/C52H88O23/c1-21(20-67-46-41(63)39(61)35(57)30(17-53)70-46)9-14-52(66-6)22(2)33-29(75-52)16-28-26-8-7-24-15-25(10-12-50(24,4)27(26)11-13-51(28,33)5)69-49-45(74-47-42(64)38(60)34(56)23(3)68-47)44(37(59)32(19-55)72-49)73-48-43(65)40(62)36(58)31(18-54)71-48/h21-49,53-65H,7-20H2,1-6H3. The summed E-state index contributed by atoms with van der Waals surface area (Å²) in [7, 11) is 1.72. The first-order valence-corrected chi connectivity index (χ1v) is 27.6. The van der Waals surface area contributed by atoms with Gasteiger partial charge in [-0.1, -0.05) is 27.7 Å². The van der Waals surface area contributed by atoms with E-state index in [1.807, 2.05) is 6.92 Å². The smallest absolute Gasteiger partial charge is 0.187 e. The summed E-state index contributed by atoms with van der Waals surface area (Å²) in [6.07, 6.45) is -22.1. The molecule has 5 aliphatic heterocycles. The number of rotatable bonds is 16. The Labute approximate surface area is 438 Å². The second-order valence-electron chi connectivity index (χ2n) is 24.4. The third-order valence-electron chi connectivity index (χ3n) is 20.4. The van der Waals surface area contributed by atoms with Crippen LogP contribution < -0.4 is 0 Å². The van der Waals surface area contributed by atoms with Crippen LogP contribution in [0, 0.1) is 52.3 Å². The van der Waals surface area contributed by atoms with Gasteiger partial charge in [-0.2, -0.15) is 0 Å². The second-order valence-corrected chi connectivity index (χ2v) is 24.4. The van der Waals surface area contributed by atoms with Crippen molar-refractivity contribution >= 4 is 0 Å². The lowest BCUT2D eigenvalue weighted by Gasteiger charge is -2.61. The van der Waals surface area contributed by atoms with Crippen LogP contribution >= 0.6 is 0 Å². The van der Waals surface area contributed by atoms with E-state index in [1.54, 1.807) is 7.11 Å². The Morgan fingerprint density at radius 1 is 0.560 bits per heavy atom. The van der Waals surface area contributed by atoms with Gasteiger partial charge in [0.05, 0.1) is 44.7 Å². The molecule has 32 unspecified atom stereocenters. The average Bonchev–Trinajstić information content (AvgIpc) is 3.92. The topological polar surface area (TPSA) is 355 Å². The van der Waals surface area contributed by atoms with Crippen LogP contribution in [0.25, 0.3) is 0 Å². The molecule has 23 heteroatoms. The highest BCUT2D eigenvalue weighted by Crippen LogP contribution is 2.71. The van der Waals surface area contributed by atoms with E-state index in [2.05, 4.69) is 20.8 Å². The highest BCUT2D eigenvalue weighted by atomic mass is 16.8. The number of aliphatic hydroxyl groups is 13. The van der Waals surface area contributed by atoms with Gasteiger partial charge in [-0.05, 0) is 111 Å². The molecule has 0 aromatic carbocycles. The van der Waals surface area contributed by atoms with E-state index in [-0.39, 0.29) is 47.2 Å². The molecule has 9 aliphatic rings. The van der Waals surface area contributed by atoms with Crippen molar-refractivity contribution in [2.75, 3.05) is 33.5 Å². The zero-order valence-corrected chi connectivity index (χ0v) is 44.0. The molecule has 4 aliphatic carbocycles. The number of fused-ring (bicyclic) bond motifs is 7. The molecule has 5 heterocycles.